The lowest BCUT2D eigenvalue weighted by molar-refractivity contribution is 1.16. The lowest BCUT2D eigenvalue weighted by atomic mass is 9.36. The Balaban J connectivity index is 1.45. The number of benzene rings is 6. The van der Waals surface area contributed by atoms with Crippen LogP contribution >= 0.6 is 23.5 Å². The average molecular weight is 517 g/mol. The highest BCUT2D eigenvalue weighted by molar-refractivity contribution is 8.01. The van der Waals surface area contributed by atoms with Crippen LogP contribution in [0.5, 0.6) is 0 Å². The summed E-state index contributed by atoms with van der Waals surface area (Å²) in [6, 6.07) is 44.9. The summed E-state index contributed by atoms with van der Waals surface area (Å²) in [6.07, 6.45) is 0. The molecule has 1 nitrogen and oxygen atoms in total. The molecule has 3 heterocycles. The van der Waals surface area contributed by atoms with Gasteiger partial charge in [0.05, 0.1) is 11.0 Å². The summed E-state index contributed by atoms with van der Waals surface area (Å²) in [6.45, 7) is 0.251. The highest BCUT2D eigenvalue weighted by atomic mass is 32.2. The van der Waals surface area contributed by atoms with Gasteiger partial charge in [0, 0.05) is 36.0 Å². The summed E-state index contributed by atoms with van der Waals surface area (Å²) in [5.41, 5.74) is 8.09. The van der Waals surface area contributed by atoms with Crippen LogP contribution in [0.2, 0.25) is 0 Å². The van der Waals surface area contributed by atoms with E-state index in [1.165, 1.54) is 74.2 Å². The Kier molecular flexibility index (Phi) is 4.35. The van der Waals surface area contributed by atoms with Gasteiger partial charge in [0.15, 0.2) is 0 Å². The number of hydrogen-bond acceptors (Lipinski definition) is 2. The third kappa shape index (κ3) is 2.82. The third-order valence-corrected chi connectivity index (χ3v) is 10.5. The molecule has 0 radical (unpaired) electrons. The molecule has 0 saturated carbocycles. The van der Waals surface area contributed by atoms with E-state index in [4.69, 9.17) is 0 Å². The van der Waals surface area contributed by atoms with E-state index in [-0.39, 0.29) is 6.71 Å². The van der Waals surface area contributed by atoms with Gasteiger partial charge in [-0.15, -0.1) is 0 Å². The average Bonchev–Trinajstić information content (AvgIpc) is 3.30. The van der Waals surface area contributed by atoms with Crippen LogP contribution in [-0.2, 0) is 0 Å². The molecule has 0 fully saturated rings. The van der Waals surface area contributed by atoms with Gasteiger partial charge in [-0.25, -0.2) is 0 Å². The summed E-state index contributed by atoms with van der Waals surface area (Å²) >= 11 is 3.86. The van der Waals surface area contributed by atoms with Crippen molar-refractivity contribution in [2.45, 2.75) is 19.6 Å². The first-order valence-electron chi connectivity index (χ1n) is 13.0. The molecule has 6 aromatic carbocycles. The fourth-order valence-electron chi connectivity index (χ4n) is 6.46. The van der Waals surface area contributed by atoms with E-state index >= 15 is 0 Å². The molecule has 2 aliphatic rings. The van der Waals surface area contributed by atoms with Gasteiger partial charge >= 0.3 is 0 Å². The Bertz CT molecular complexity index is 2090. The predicted octanol–water partition coefficient (Wildman–Crippen LogP) is 7.38. The molecule has 0 bridgehead atoms. The lowest BCUT2D eigenvalue weighted by Crippen LogP contribution is -2.58. The normalized spacial score (nSPS) is 13.5. The summed E-state index contributed by atoms with van der Waals surface area (Å²) in [5.74, 6) is 0. The largest absolute Gasteiger partial charge is 0.308 e. The molecule has 0 spiro atoms. The van der Waals surface area contributed by atoms with Crippen LogP contribution < -0.4 is 16.4 Å². The maximum atomic E-state index is 2.50. The van der Waals surface area contributed by atoms with Crippen LogP contribution in [0.1, 0.15) is 0 Å². The molecule has 0 unspecified atom stereocenters. The van der Waals surface area contributed by atoms with E-state index in [0.717, 1.165) is 0 Å². The smallest absolute Gasteiger partial charge is 0.247 e. The van der Waals surface area contributed by atoms with E-state index in [0.29, 0.717) is 0 Å². The van der Waals surface area contributed by atoms with Crippen molar-refractivity contribution in [3.63, 3.8) is 0 Å². The van der Waals surface area contributed by atoms with Crippen molar-refractivity contribution in [1.82, 2.24) is 4.57 Å². The first-order chi connectivity index (χ1) is 18.8. The minimum atomic E-state index is 0.251. The fraction of sp³-hybridized carbons (Fsp3) is 0. The van der Waals surface area contributed by atoms with Crippen molar-refractivity contribution >= 4 is 79.2 Å². The van der Waals surface area contributed by atoms with Crippen molar-refractivity contribution in [2.24, 2.45) is 0 Å². The van der Waals surface area contributed by atoms with Gasteiger partial charge in [-0.1, -0.05) is 113 Å². The van der Waals surface area contributed by atoms with Gasteiger partial charge in [-0.05, 0) is 58.7 Å². The molecule has 176 valence electrons. The van der Waals surface area contributed by atoms with Crippen molar-refractivity contribution in [3.8, 4) is 5.69 Å². The minimum Gasteiger partial charge on any atom is -0.308 e. The van der Waals surface area contributed by atoms with Crippen molar-refractivity contribution in [1.29, 1.82) is 0 Å². The molecular formula is C34H20BNS2. The van der Waals surface area contributed by atoms with Crippen LogP contribution in [0.4, 0.5) is 0 Å². The molecule has 7 aromatic rings. The van der Waals surface area contributed by atoms with E-state index in [1.54, 1.807) is 0 Å². The standard InChI is InChI=1S/C34H20BNS2/c1-2-11-23(12-3-1)36-28-20-22-10-5-4-9-21(22)19-25(28)24-17-18-27-34(33(24)36)38-31-16-8-15-30-32(31)35(27)26-13-6-7-14-29(26)37-30/h1-20H. The second-order valence-electron chi connectivity index (χ2n) is 10.1. The number of para-hydroxylation sites is 1. The van der Waals surface area contributed by atoms with Crippen LogP contribution in [0, 0.1) is 0 Å². The van der Waals surface area contributed by atoms with Crippen molar-refractivity contribution in [2.75, 3.05) is 0 Å². The lowest BCUT2D eigenvalue weighted by Gasteiger charge is -2.33. The zero-order chi connectivity index (χ0) is 24.8. The highest BCUT2D eigenvalue weighted by Gasteiger charge is 2.39. The Morgan fingerprint density at radius 3 is 2.11 bits per heavy atom. The van der Waals surface area contributed by atoms with Gasteiger partial charge in [-0.3, -0.25) is 0 Å². The first kappa shape index (κ1) is 21.1. The first-order valence-corrected chi connectivity index (χ1v) is 14.6. The van der Waals surface area contributed by atoms with Crippen molar-refractivity contribution in [3.05, 3.63) is 121 Å². The van der Waals surface area contributed by atoms with E-state index in [9.17, 15) is 0 Å². The summed E-state index contributed by atoms with van der Waals surface area (Å²) in [5, 5.41) is 5.18. The SMILES string of the molecule is c1ccc(-n2c3cc4ccccc4cc3c3ccc4c(c32)Sc2cccc3c2B4c2ccccc2S3)cc1. The quantitative estimate of drug-likeness (QED) is 0.209. The molecule has 0 amide bonds. The Morgan fingerprint density at radius 1 is 0.526 bits per heavy atom. The number of aromatic nitrogens is 1. The number of rotatable bonds is 1. The fourth-order valence-corrected chi connectivity index (χ4v) is 9.00. The Labute approximate surface area is 229 Å². The van der Waals surface area contributed by atoms with Crippen LogP contribution in [-0.4, -0.2) is 11.3 Å². The zero-order valence-corrected chi connectivity index (χ0v) is 22.0. The zero-order valence-electron chi connectivity index (χ0n) is 20.4. The number of hydrogen-bond donors (Lipinski definition) is 0. The van der Waals surface area contributed by atoms with Gasteiger partial charge in [0.1, 0.15) is 0 Å². The second-order valence-corrected chi connectivity index (χ2v) is 12.2. The van der Waals surface area contributed by atoms with E-state index in [2.05, 4.69) is 126 Å². The molecule has 0 saturated heterocycles. The highest BCUT2D eigenvalue weighted by Crippen LogP contribution is 2.44. The topological polar surface area (TPSA) is 4.93 Å². The van der Waals surface area contributed by atoms with Gasteiger partial charge in [0.2, 0.25) is 6.71 Å². The molecule has 4 heteroatoms. The summed E-state index contributed by atoms with van der Waals surface area (Å²) < 4.78 is 2.50. The monoisotopic (exact) mass is 517 g/mol. The minimum absolute atomic E-state index is 0.251. The molecule has 1 aromatic heterocycles. The predicted molar refractivity (Wildman–Crippen MR) is 164 cm³/mol. The van der Waals surface area contributed by atoms with Crippen LogP contribution in [0.3, 0.4) is 0 Å². The van der Waals surface area contributed by atoms with Crippen LogP contribution in [0.25, 0.3) is 38.3 Å². The molecule has 2 aliphatic heterocycles. The van der Waals surface area contributed by atoms with Crippen LogP contribution in [0.15, 0.2) is 141 Å². The van der Waals surface area contributed by atoms with Gasteiger partial charge in [0.25, 0.3) is 0 Å². The summed E-state index contributed by atoms with van der Waals surface area (Å²) in [4.78, 5) is 5.52. The molecular weight excluding hydrogens is 497 g/mol. The second kappa shape index (κ2) is 7.83. The Morgan fingerprint density at radius 2 is 1.24 bits per heavy atom. The van der Waals surface area contributed by atoms with Crippen molar-refractivity contribution < 1.29 is 0 Å². The van der Waals surface area contributed by atoms with Gasteiger partial charge in [-0.2, -0.15) is 0 Å². The van der Waals surface area contributed by atoms with Gasteiger partial charge < -0.3 is 4.57 Å². The molecule has 9 rings (SSSR count). The number of nitrogens with zero attached hydrogens (tertiary/aromatic N) is 1. The number of fused-ring (bicyclic) bond motifs is 9. The maximum Gasteiger partial charge on any atom is 0.247 e. The third-order valence-electron chi connectivity index (χ3n) is 8.08. The molecule has 0 atom stereocenters. The molecule has 38 heavy (non-hydrogen) atoms. The Hall–Kier alpha value is -3.86. The molecule has 0 aliphatic carbocycles. The van der Waals surface area contributed by atoms with E-state index < -0.39 is 0 Å². The van der Waals surface area contributed by atoms with E-state index in [1.807, 2.05) is 23.5 Å². The maximum absolute atomic E-state index is 2.50. The summed E-state index contributed by atoms with van der Waals surface area (Å²) in [7, 11) is 0. The molecule has 0 N–H and O–H groups in total.